The zero-order valence-electron chi connectivity index (χ0n) is 27.4. The second-order valence-corrected chi connectivity index (χ2v) is 12.6. The number of aryl methyl sites for hydroxylation is 1. The summed E-state index contributed by atoms with van der Waals surface area (Å²) in [5.74, 6) is -3.83. The van der Waals surface area contributed by atoms with Crippen LogP contribution in [0.5, 0.6) is 0 Å². The first-order chi connectivity index (χ1) is 22.4. The molecule has 15 heteroatoms. The minimum atomic E-state index is -5.08. The molecule has 1 aliphatic rings. The first-order valence-corrected chi connectivity index (χ1v) is 15.9. The third-order valence-electron chi connectivity index (χ3n) is 7.81. The van der Waals surface area contributed by atoms with Gasteiger partial charge in [-0.15, -0.1) is 0 Å². The van der Waals surface area contributed by atoms with Crippen molar-refractivity contribution in [3.63, 3.8) is 0 Å². The Morgan fingerprint density at radius 3 is 2.08 bits per heavy atom. The van der Waals surface area contributed by atoms with Gasteiger partial charge in [-0.05, 0) is 68.5 Å². The fourth-order valence-electron chi connectivity index (χ4n) is 5.23. The van der Waals surface area contributed by atoms with E-state index in [9.17, 15) is 31.9 Å². The molecular formula is C33H44ClF4N5O5. The van der Waals surface area contributed by atoms with Gasteiger partial charge in [-0.2, -0.15) is 13.2 Å². The average Bonchev–Trinajstić information content (AvgIpc) is 3.02. The number of carbonyl (C=O) groups is 4. The van der Waals surface area contributed by atoms with Crippen molar-refractivity contribution >= 4 is 35.3 Å². The number of rotatable bonds is 12. The molecule has 0 aliphatic carbocycles. The van der Waals surface area contributed by atoms with Gasteiger partial charge in [0, 0.05) is 44.2 Å². The van der Waals surface area contributed by atoms with E-state index < -0.39 is 29.6 Å². The van der Waals surface area contributed by atoms with Gasteiger partial charge in [-0.25, -0.2) is 9.18 Å². The number of nitrogens with two attached hydrogens (primary N) is 1. The number of alkyl halides is 3. The number of amides is 3. The smallest absolute Gasteiger partial charge is 0.475 e. The largest absolute Gasteiger partial charge is 0.490 e. The van der Waals surface area contributed by atoms with Gasteiger partial charge in [0.25, 0.3) is 0 Å². The van der Waals surface area contributed by atoms with Crippen molar-refractivity contribution in [3.05, 3.63) is 70.5 Å². The van der Waals surface area contributed by atoms with Crippen molar-refractivity contribution in [3.8, 4) is 0 Å². The average molecular weight is 702 g/mol. The monoisotopic (exact) mass is 701 g/mol. The van der Waals surface area contributed by atoms with Crippen LogP contribution in [-0.4, -0.2) is 95.1 Å². The van der Waals surface area contributed by atoms with E-state index in [0.717, 1.165) is 24.0 Å². The summed E-state index contributed by atoms with van der Waals surface area (Å²) in [6.07, 6.45) is -1.93. The van der Waals surface area contributed by atoms with E-state index in [2.05, 4.69) is 22.5 Å². The number of hydrogen-bond donors (Lipinski definition) is 4. The predicted molar refractivity (Wildman–Crippen MR) is 174 cm³/mol. The lowest BCUT2D eigenvalue weighted by atomic mass is 9.97. The first kappa shape index (κ1) is 40.4. The number of aliphatic carboxylic acids is 1. The van der Waals surface area contributed by atoms with Crippen LogP contribution in [0, 0.1) is 5.82 Å². The highest BCUT2D eigenvalue weighted by molar-refractivity contribution is 6.30. The van der Waals surface area contributed by atoms with E-state index in [1.54, 1.807) is 33.0 Å². The lowest BCUT2D eigenvalue weighted by Crippen LogP contribution is -2.64. The molecule has 0 radical (unpaired) electrons. The second-order valence-electron chi connectivity index (χ2n) is 12.1. The zero-order chi connectivity index (χ0) is 36.2. The predicted octanol–water partition coefficient (Wildman–Crippen LogP) is 3.94. The summed E-state index contributed by atoms with van der Waals surface area (Å²) in [4.78, 5) is 52.7. The number of carboxylic acid groups (broad SMARTS) is 1. The van der Waals surface area contributed by atoms with Gasteiger partial charge >= 0.3 is 12.1 Å². The summed E-state index contributed by atoms with van der Waals surface area (Å²) >= 11 is 6.03. The summed E-state index contributed by atoms with van der Waals surface area (Å²) < 4.78 is 45.3. The molecule has 3 atom stereocenters. The molecule has 3 rings (SSSR count). The van der Waals surface area contributed by atoms with Gasteiger partial charge in [0.05, 0.1) is 11.6 Å². The number of piperazine rings is 1. The van der Waals surface area contributed by atoms with Crippen molar-refractivity contribution in [2.45, 2.75) is 82.7 Å². The van der Waals surface area contributed by atoms with Crippen LogP contribution in [0.2, 0.25) is 5.02 Å². The van der Waals surface area contributed by atoms with E-state index in [4.69, 9.17) is 27.2 Å². The number of hydrogen-bond acceptors (Lipinski definition) is 6. The highest BCUT2D eigenvalue weighted by atomic mass is 35.5. The molecule has 0 aromatic heterocycles. The number of halogens is 5. The van der Waals surface area contributed by atoms with Crippen LogP contribution < -0.4 is 16.4 Å². The molecule has 1 saturated heterocycles. The van der Waals surface area contributed by atoms with Crippen LogP contribution in [-0.2, 0) is 32.0 Å². The van der Waals surface area contributed by atoms with Crippen LogP contribution >= 0.6 is 11.6 Å². The molecule has 266 valence electrons. The molecule has 2 aromatic rings. The van der Waals surface area contributed by atoms with Gasteiger partial charge in [0.1, 0.15) is 11.9 Å². The van der Waals surface area contributed by atoms with Gasteiger partial charge in [0.15, 0.2) is 0 Å². The summed E-state index contributed by atoms with van der Waals surface area (Å²) in [6, 6.07) is 12.2. The second kappa shape index (κ2) is 18.1. The molecule has 3 amide bonds. The maximum absolute atomic E-state index is 14.0. The number of nitrogens with one attached hydrogen (secondary N) is 2. The van der Waals surface area contributed by atoms with E-state index in [0.29, 0.717) is 37.5 Å². The number of carbonyl (C=O) groups excluding carboxylic acids is 3. The zero-order valence-corrected chi connectivity index (χ0v) is 28.2. The Balaban J connectivity index is 0.00000103. The fraction of sp³-hybridized carbons (Fsp3) is 0.515. The van der Waals surface area contributed by atoms with Crippen LogP contribution in [0.1, 0.15) is 51.2 Å². The molecule has 48 heavy (non-hydrogen) atoms. The highest BCUT2D eigenvalue weighted by Gasteiger charge is 2.39. The van der Waals surface area contributed by atoms with E-state index in [1.165, 1.54) is 12.1 Å². The molecular weight excluding hydrogens is 658 g/mol. The SMILES string of the molecule is CCCC1CN(C(CCc2ccc(Cl)cc2)C(=O)NC)CCN1C(=O)C(Cc1ccc(F)cc1)NC(=O)C(C)(C)N.O=C(O)C(F)(F)F. The molecule has 2 aromatic carbocycles. The molecule has 0 spiro atoms. The third kappa shape index (κ3) is 12.7. The number of likely N-dealkylation sites (N-methyl/N-ethyl adjacent to an activating group) is 1. The van der Waals surface area contributed by atoms with Crippen molar-refractivity contribution in [1.82, 2.24) is 20.4 Å². The maximum Gasteiger partial charge on any atom is 0.490 e. The Bertz CT molecular complexity index is 1370. The van der Waals surface area contributed by atoms with Gasteiger partial charge < -0.3 is 26.4 Å². The van der Waals surface area contributed by atoms with Crippen LogP contribution in [0.3, 0.4) is 0 Å². The minimum absolute atomic E-state index is 0.0550. The standard InChI is InChI=1S/C31H43ClFN5O3.C2HF3O2/c1-5-6-25-20-37(27(28(39)35-4)16-11-21-7-12-23(32)13-8-21)17-18-38(25)29(40)26(36-30(41)31(2,3)34)19-22-9-14-24(33)15-10-22;3-2(4,5)1(6)7/h7-10,12-15,25-27H,5-6,11,16-20,34H2,1-4H3,(H,35,39)(H,36,41);(H,6,7). The molecule has 1 heterocycles. The summed E-state index contributed by atoms with van der Waals surface area (Å²) in [6.45, 7) is 6.71. The molecule has 10 nitrogen and oxygen atoms in total. The van der Waals surface area contributed by atoms with Gasteiger partial charge in [0.2, 0.25) is 17.7 Å². The third-order valence-corrected chi connectivity index (χ3v) is 8.06. The Morgan fingerprint density at radius 2 is 1.58 bits per heavy atom. The Kier molecular flexibility index (Phi) is 15.3. The molecule has 1 fully saturated rings. The maximum atomic E-state index is 14.0. The van der Waals surface area contributed by atoms with Crippen molar-refractivity contribution in [1.29, 1.82) is 0 Å². The van der Waals surface area contributed by atoms with Crippen LogP contribution in [0.4, 0.5) is 17.6 Å². The number of carboxylic acids is 1. The van der Waals surface area contributed by atoms with Gasteiger partial charge in [-0.1, -0.05) is 49.2 Å². The van der Waals surface area contributed by atoms with E-state index in [1.807, 2.05) is 29.2 Å². The normalized spacial score (nSPS) is 16.6. The lowest BCUT2D eigenvalue weighted by Gasteiger charge is -2.45. The summed E-state index contributed by atoms with van der Waals surface area (Å²) in [5, 5.41) is 13.4. The molecule has 3 unspecified atom stereocenters. The molecule has 5 N–H and O–H groups in total. The van der Waals surface area contributed by atoms with Crippen molar-refractivity contribution in [2.75, 3.05) is 26.7 Å². The molecule has 0 bridgehead atoms. The first-order valence-electron chi connectivity index (χ1n) is 15.5. The molecule has 1 aliphatic heterocycles. The minimum Gasteiger partial charge on any atom is -0.475 e. The van der Waals surface area contributed by atoms with Crippen LogP contribution in [0.15, 0.2) is 48.5 Å². The van der Waals surface area contributed by atoms with E-state index >= 15 is 0 Å². The Morgan fingerprint density at radius 1 is 1.02 bits per heavy atom. The number of benzene rings is 2. The Hall–Kier alpha value is -3.75. The lowest BCUT2D eigenvalue weighted by molar-refractivity contribution is -0.192. The fourth-order valence-corrected chi connectivity index (χ4v) is 5.36. The van der Waals surface area contributed by atoms with Gasteiger partial charge in [-0.3, -0.25) is 19.3 Å². The van der Waals surface area contributed by atoms with Crippen molar-refractivity contribution < 1.29 is 41.8 Å². The highest BCUT2D eigenvalue weighted by Crippen LogP contribution is 2.22. The topological polar surface area (TPSA) is 145 Å². The summed E-state index contributed by atoms with van der Waals surface area (Å²) in [5.41, 5.74) is 6.68. The Labute approximate surface area is 283 Å². The van der Waals surface area contributed by atoms with Crippen molar-refractivity contribution in [2.24, 2.45) is 5.73 Å². The molecule has 0 saturated carbocycles. The van der Waals surface area contributed by atoms with Crippen LogP contribution in [0.25, 0.3) is 0 Å². The number of nitrogens with zero attached hydrogens (tertiary/aromatic N) is 2. The van der Waals surface area contributed by atoms with E-state index in [-0.39, 0.29) is 36.1 Å². The quantitative estimate of drug-likeness (QED) is 0.246. The summed E-state index contributed by atoms with van der Waals surface area (Å²) in [7, 11) is 1.64.